The van der Waals surface area contributed by atoms with E-state index in [1.165, 1.54) is 32.4 Å². The Kier molecular flexibility index (Phi) is 5.42. The lowest BCUT2D eigenvalue weighted by molar-refractivity contribution is 0.0997. The van der Waals surface area contributed by atoms with Crippen LogP contribution in [0.2, 0.25) is 0 Å². The Morgan fingerprint density at radius 2 is 1.75 bits per heavy atom. The van der Waals surface area contributed by atoms with E-state index in [0.29, 0.717) is 11.3 Å². The van der Waals surface area contributed by atoms with E-state index in [-0.39, 0.29) is 22.8 Å². The van der Waals surface area contributed by atoms with Gasteiger partial charge in [0.25, 0.3) is 5.91 Å². The Morgan fingerprint density at radius 3 is 2.38 bits per heavy atom. The predicted octanol–water partition coefficient (Wildman–Crippen LogP) is 1.28. The third-order valence-electron chi connectivity index (χ3n) is 3.39. The summed E-state index contributed by atoms with van der Waals surface area (Å²) in [4.78, 5) is 11.4. The second-order valence-electron chi connectivity index (χ2n) is 4.86. The summed E-state index contributed by atoms with van der Waals surface area (Å²) < 4.78 is 37.5. The van der Waals surface area contributed by atoms with Gasteiger partial charge in [0.1, 0.15) is 11.5 Å². The Labute approximate surface area is 140 Å². The summed E-state index contributed by atoms with van der Waals surface area (Å²) in [6.07, 6.45) is 0. The molecule has 0 saturated carbocycles. The molecule has 2 aromatic rings. The topological polar surface area (TPSA) is 108 Å². The quantitative estimate of drug-likeness (QED) is 0.782. The van der Waals surface area contributed by atoms with E-state index < -0.39 is 15.9 Å². The predicted molar refractivity (Wildman–Crippen MR) is 88.5 cm³/mol. The first-order chi connectivity index (χ1) is 11.4. The summed E-state index contributed by atoms with van der Waals surface area (Å²) in [5.41, 5.74) is 5.94. The number of sulfonamides is 1. The van der Waals surface area contributed by atoms with Gasteiger partial charge in [-0.05, 0) is 24.3 Å². The van der Waals surface area contributed by atoms with Crippen molar-refractivity contribution in [2.45, 2.75) is 11.4 Å². The minimum atomic E-state index is -3.83. The Morgan fingerprint density at radius 1 is 1.08 bits per heavy atom. The first-order valence-corrected chi connectivity index (χ1v) is 8.46. The van der Waals surface area contributed by atoms with Crippen molar-refractivity contribution in [3.8, 4) is 11.5 Å². The lowest BCUT2D eigenvalue weighted by Crippen LogP contribution is -2.24. The van der Waals surface area contributed by atoms with E-state index in [1.54, 1.807) is 24.3 Å². The second-order valence-corrected chi connectivity index (χ2v) is 6.63. The van der Waals surface area contributed by atoms with E-state index in [1.807, 2.05) is 0 Å². The summed E-state index contributed by atoms with van der Waals surface area (Å²) in [6.45, 7) is 0.0459. The van der Waals surface area contributed by atoms with E-state index in [4.69, 9.17) is 15.2 Å². The highest BCUT2D eigenvalue weighted by Crippen LogP contribution is 2.23. The smallest absolute Gasteiger partial charge is 0.252 e. The maximum absolute atomic E-state index is 12.4. The van der Waals surface area contributed by atoms with Gasteiger partial charge in [0.05, 0.1) is 24.7 Å². The molecule has 0 fully saturated rings. The normalized spacial score (nSPS) is 11.1. The molecule has 128 valence electrons. The van der Waals surface area contributed by atoms with Gasteiger partial charge in [-0.2, -0.15) is 0 Å². The van der Waals surface area contributed by atoms with Crippen molar-refractivity contribution in [3.63, 3.8) is 0 Å². The molecule has 3 N–H and O–H groups in total. The molecule has 0 radical (unpaired) electrons. The number of nitrogens with two attached hydrogens (primary N) is 1. The fraction of sp³-hybridized carbons (Fsp3) is 0.188. The average molecular weight is 350 g/mol. The molecular weight excluding hydrogens is 332 g/mol. The maximum Gasteiger partial charge on any atom is 0.252 e. The van der Waals surface area contributed by atoms with Gasteiger partial charge in [-0.15, -0.1) is 0 Å². The van der Waals surface area contributed by atoms with Crippen LogP contribution in [-0.2, 0) is 16.6 Å². The molecule has 0 unspecified atom stereocenters. The maximum atomic E-state index is 12.4. The number of primary amides is 1. The summed E-state index contributed by atoms with van der Waals surface area (Å²) >= 11 is 0. The first-order valence-electron chi connectivity index (χ1n) is 6.98. The number of rotatable bonds is 7. The lowest BCUT2D eigenvalue weighted by atomic mass is 10.2. The highest BCUT2D eigenvalue weighted by atomic mass is 32.2. The third-order valence-corrected chi connectivity index (χ3v) is 4.79. The Hall–Kier alpha value is -2.58. The monoisotopic (exact) mass is 350 g/mol. The molecule has 2 aromatic carbocycles. The Balaban J connectivity index is 2.27. The van der Waals surface area contributed by atoms with Crippen LogP contribution in [0.3, 0.4) is 0 Å². The first kappa shape index (κ1) is 17.8. The van der Waals surface area contributed by atoms with Crippen LogP contribution in [0.25, 0.3) is 0 Å². The minimum absolute atomic E-state index is 0.00216. The summed E-state index contributed by atoms with van der Waals surface area (Å²) in [7, 11) is -0.953. The number of para-hydroxylation sites is 1. The number of amides is 1. The van der Waals surface area contributed by atoms with Gasteiger partial charge in [-0.25, -0.2) is 13.1 Å². The van der Waals surface area contributed by atoms with Crippen LogP contribution >= 0.6 is 0 Å². The van der Waals surface area contributed by atoms with Gasteiger partial charge in [0.2, 0.25) is 10.0 Å². The van der Waals surface area contributed by atoms with Gasteiger partial charge in [-0.3, -0.25) is 4.79 Å². The molecule has 7 nitrogen and oxygen atoms in total. The lowest BCUT2D eigenvalue weighted by Gasteiger charge is -2.12. The standard InChI is InChI=1S/C16H18N2O5S/c1-22-14-6-4-3-5-11(14)10-18-24(20,21)12-7-8-15(23-2)13(9-12)16(17)19/h3-9,18H,10H2,1-2H3,(H2,17,19). The van der Waals surface area contributed by atoms with Gasteiger partial charge in [-0.1, -0.05) is 18.2 Å². The zero-order valence-electron chi connectivity index (χ0n) is 13.3. The molecule has 2 rings (SSSR count). The molecule has 0 aliphatic carbocycles. The zero-order valence-corrected chi connectivity index (χ0v) is 14.1. The van der Waals surface area contributed by atoms with Crippen LogP contribution in [0.15, 0.2) is 47.4 Å². The van der Waals surface area contributed by atoms with Gasteiger partial charge in [0.15, 0.2) is 0 Å². The Bertz CT molecular complexity index is 849. The summed E-state index contributed by atoms with van der Waals surface area (Å²) in [6, 6.07) is 11.0. The van der Waals surface area contributed by atoms with Crippen molar-refractivity contribution in [3.05, 3.63) is 53.6 Å². The number of benzene rings is 2. The van der Waals surface area contributed by atoms with E-state index in [2.05, 4.69) is 4.72 Å². The molecule has 0 aliphatic rings. The number of nitrogens with one attached hydrogen (secondary N) is 1. The molecule has 0 heterocycles. The van der Waals surface area contributed by atoms with Crippen molar-refractivity contribution in [1.82, 2.24) is 4.72 Å². The van der Waals surface area contributed by atoms with Gasteiger partial charge >= 0.3 is 0 Å². The second kappa shape index (κ2) is 7.33. The van der Waals surface area contributed by atoms with Crippen molar-refractivity contribution >= 4 is 15.9 Å². The number of methoxy groups -OCH3 is 2. The molecule has 0 saturated heterocycles. The van der Waals surface area contributed by atoms with Crippen LogP contribution in [0.1, 0.15) is 15.9 Å². The molecule has 0 aromatic heterocycles. The molecule has 8 heteroatoms. The fourth-order valence-electron chi connectivity index (χ4n) is 2.15. The molecule has 0 bridgehead atoms. The molecule has 24 heavy (non-hydrogen) atoms. The average Bonchev–Trinajstić information content (AvgIpc) is 2.59. The SMILES string of the molecule is COc1ccccc1CNS(=O)(=O)c1ccc(OC)c(C(N)=O)c1. The number of hydrogen-bond acceptors (Lipinski definition) is 5. The highest BCUT2D eigenvalue weighted by molar-refractivity contribution is 7.89. The molecule has 0 aliphatic heterocycles. The van der Waals surface area contributed by atoms with Gasteiger partial charge in [0, 0.05) is 12.1 Å². The molecule has 1 amide bonds. The van der Waals surface area contributed by atoms with Crippen LogP contribution < -0.4 is 19.9 Å². The third kappa shape index (κ3) is 3.84. The highest BCUT2D eigenvalue weighted by Gasteiger charge is 2.19. The molecule has 0 atom stereocenters. The van der Waals surface area contributed by atoms with Crippen LogP contribution in [0.4, 0.5) is 0 Å². The van der Waals surface area contributed by atoms with Crippen molar-refractivity contribution in [1.29, 1.82) is 0 Å². The van der Waals surface area contributed by atoms with E-state index in [9.17, 15) is 13.2 Å². The van der Waals surface area contributed by atoms with E-state index in [0.717, 1.165) is 0 Å². The zero-order chi connectivity index (χ0) is 17.7. The van der Waals surface area contributed by atoms with Crippen LogP contribution in [-0.4, -0.2) is 28.5 Å². The largest absolute Gasteiger partial charge is 0.496 e. The minimum Gasteiger partial charge on any atom is -0.496 e. The number of hydrogen-bond donors (Lipinski definition) is 2. The fourth-order valence-corrected chi connectivity index (χ4v) is 3.18. The van der Waals surface area contributed by atoms with Crippen molar-refractivity contribution in [2.75, 3.05) is 14.2 Å². The van der Waals surface area contributed by atoms with Crippen molar-refractivity contribution < 1.29 is 22.7 Å². The molecule has 0 spiro atoms. The van der Waals surface area contributed by atoms with Gasteiger partial charge < -0.3 is 15.2 Å². The van der Waals surface area contributed by atoms with Crippen LogP contribution in [0.5, 0.6) is 11.5 Å². The van der Waals surface area contributed by atoms with E-state index >= 15 is 0 Å². The van der Waals surface area contributed by atoms with Crippen LogP contribution in [0, 0.1) is 0 Å². The summed E-state index contributed by atoms with van der Waals surface area (Å²) in [5, 5.41) is 0. The molecular formula is C16H18N2O5S. The number of carbonyl (C=O) groups is 1. The number of ether oxygens (including phenoxy) is 2. The van der Waals surface area contributed by atoms with Crippen molar-refractivity contribution in [2.24, 2.45) is 5.73 Å². The summed E-state index contributed by atoms with van der Waals surface area (Å²) in [5.74, 6) is 0.0209. The number of carbonyl (C=O) groups excluding carboxylic acids is 1.